The van der Waals surface area contributed by atoms with Crippen molar-refractivity contribution in [2.75, 3.05) is 6.54 Å². The zero-order chi connectivity index (χ0) is 15.1. The molecule has 1 aromatic heterocycles. The van der Waals surface area contributed by atoms with E-state index >= 15 is 0 Å². The van der Waals surface area contributed by atoms with Gasteiger partial charge < -0.3 is 15.2 Å². The van der Waals surface area contributed by atoms with Gasteiger partial charge in [-0.15, -0.1) is 10.2 Å². The lowest BCUT2D eigenvalue weighted by molar-refractivity contribution is 0.726. The minimum atomic E-state index is 0.572. The zero-order valence-electron chi connectivity index (χ0n) is 12.2. The number of benzene rings is 1. The molecule has 2 aromatic rings. The van der Waals surface area contributed by atoms with Gasteiger partial charge in [-0.2, -0.15) is 0 Å². The highest BCUT2D eigenvalue weighted by Gasteiger charge is 2.02. The normalized spacial score (nSPS) is 11.5. The Labute approximate surface area is 129 Å². The van der Waals surface area contributed by atoms with Gasteiger partial charge in [0, 0.05) is 18.6 Å². The molecular formula is C14H19ClN6. The number of nitrogens with zero attached hydrogens (tertiary/aromatic N) is 4. The maximum atomic E-state index is 5.87. The van der Waals surface area contributed by atoms with E-state index < -0.39 is 0 Å². The molecule has 21 heavy (non-hydrogen) atoms. The van der Waals surface area contributed by atoms with Crippen molar-refractivity contribution in [3.05, 3.63) is 47.0 Å². The molecule has 0 saturated heterocycles. The van der Waals surface area contributed by atoms with Crippen LogP contribution in [0.5, 0.6) is 0 Å². The van der Waals surface area contributed by atoms with Gasteiger partial charge in [0.2, 0.25) is 0 Å². The molecule has 6 nitrogen and oxygen atoms in total. The summed E-state index contributed by atoms with van der Waals surface area (Å²) in [7, 11) is 1.91. The largest absolute Gasteiger partial charge is 0.357 e. The van der Waals surface area contributed by atoms with Crippen LogP contribution in [0, 0.1) is 0 Å². The minimum absolute atomic E-state index is 0.572. The fourth-order valence-corrected chi connectivity index (χ4v) is 1.86. The monoisotopic (exact) mass is 306 g/mol. The van der Waals surface area contributed by atoms with Crippen molar-refractivity contribution in [1.29, 1.82) is 0 Å². The van der Waals surface area contributed by atoms with E-state index in [-0.39, 0.29) is 0 Å². The van der Waals surface area contributed by atoms with Gasteiger partial charge in [-0.05, 0) is 24.6 Å². The second kappa shape index (κ2) is 7.64. The van der Waals surface area contributed by atoms with Gasteiger partial charge in [0.1, 0.15) is 6.33 Å². The van der Waals surface area contributed by atoms with E-state index in [1.807, 2.05) is 42.8 Å². The van der Waals surface area contributed by atoms with E-state index in [1.54, 1.807) is 6.33 Å². The Morgan fingerprint density at radius 2 is 2.05 bits per heavy atom. The van der Waals surface area contributed by atoms with Crippen molar-refractivity contribution < 1.29 is 0 Å². The Morgan fingerprint density at radius 1 is 1.29 bits per heavy atom. The Morgan fingerprint density at radius 3 is 2.67 bits per heavy atom. The first kappa shape index (κ1) is 15.3. The molecule has 0 aliphatic heterocycles. The first-order valence-corrected chi connectivity index (χ1v) is 7.16. The summed E-state index contributed by atoms with van der Waals surface area (Å²) in [5.74, 6) is 1.60. The number of halogens is 1. The molecule has 0 aliphatic rings. The molecular weight excluding hydrogens is 288 g/mol. The number of nitrogens with one attached hydrogen (secondary N) is 2. The number of guanidine groups is 1. The summed E-state index contributed by atoms with van der Waals surface area (Å²) in [5.41, 5.74) is 1.11. The lowest BCUT2D eigenvalue weighted by atomic mass is 10.2. The summed E-state index contributed by atoms with van der Waals surface area (Å²) in [6, 6.07) is 7.68. The Hall–Kier alpha value is -2.08. The second-order valence-electron chi connectivity index (χ2n) is 4.53. The maximum absolute atomic E-state index is 5.87. The zero-order valence-corrected chi connectivity index (χ0v) is 12.9. The first-order chi connectivity index (χ1) is 10.2. The Kier molecular flexibility index (Phi) is 5.57. The maximum Gasteiger partial charge on any atom is 0.191 e. The average Bonchev–Trinajstić information content (AvgIpc) is 2.89. The van der Waals surface area contributed by atoms with Crippen LogP contribution in [-0.2, 0) is 20.1 Å². The van der Waals surface area contributed by atoms with Crippen LogP contribution < -0.4 is 10.6 Å². The van der Waals surface area contributed by atoms with Gasteiger partial charge >= 0.3 is 0 Å². The lowest BCUT2D eigenvalue weighted by Gasteiger charge is -2.10. The van der Waals surface area contributed by atoms with Crippen molar-refractivity contribution in [3.8, 4) is 0 Å². The summed E-state index contributed by atoms with van der Waals surface area (Å²) in [6.45, 7) is 3.99. The second-order valence-corrected chi connectivity index (χ2v) is 4.97. The van der Waals surface area contributed by atoms with Crippen LogP contribution in [0.1, 0.15) is 18.3 Å². The number of rotatable bonds is 5. The topological polar surface area (TPSA) is 67.1 Å². The standard InChI is InChI=1S/C14H19ClN6/c1-3-16-14(18-9-13-20-19-10-21(13)2)17-8-11-4-6-12(15)7-5-11/h4-7,10H,3,8-9H2,1-2H3,(H2,16,17,18). The number of aryl methyl sites for hydroxylation is 1. The first-order valence-electron chi connectivity index (χ1n) is 6.78. The van der Waals surface area contributed by atoms with Gasteiger partial charge in [0.15, 0.2) is 11.8 Å². The molecule has 0 radical (unpaired) electrons. The molecule has 1 heterocycles. The number of hydrogen-bond acceptors (Lipinski definition) is 3. The number of hydrogen-bond donors (Lipinski definition) is 2. The van der Waals surface area contributed by atoms with Crippen LogP contribution in [0.2, 0.25) is 5.02 Å². The van der Waals surface area contributed by atoms with Crippen LogP contribution in [0.15, 0.2) is 35.6 Å². The molecule has 0 atom stereocenters. The van der Waals surface area contributed by atoms with Gasteiger partial charge in [-0.3, -0.25) is 0 Å². The smallest absolute Gasteiger partial charge is 0.191 e. The van der Waals surface area contributed by atoms with E-state index in [0.29, 0.717) is 13.1 Å². The van der Waals surface area contributed by atoms with Crippen LogP contribution in [0.4, 0.5) is 0 Å². The van der Waals surface area contributed by atoms with E-state index in [4.69, 9.17) is 11.6 Å². The van der Waals surface area contributed by atoms with Crippen LogP contribution >= 0.6 is 11.6 Å². The third kappa shape index (κ3) is 4.75. The number of aromatic nitrogens is 3. The summed E-state index contributed by atoms with van der Waals surface area (Å²) >= 11 is 5.87. The predicted octanol–water partition coefficient (Wildman–Crippen LogP) is 1.72. The Balaban J connectivity index is 1.95. The summed E-state index contributed by atoms with van der Waals surface area (Å²) in [4.78, 5) is 4.54. The molecule has 0 bridgehead atoms. The van der Waals surface area contributed by atoms with E-state index in [0.717, 1.165) is 28.9 Å². The van der Waals surface area contributed by atoms with Crippen molar-refractivity contribution >= 4 is 17.6 Å². The predicted molar refractivity (Wildman–Crippen MR) is 84.1 cm³/mol. The van der Waals surface area contributed by atoms with Crippen molar-refractivity contribution in [3.63, 3.8) is 0 Å². The van der Waals surface area contributed by atoms with Crippen molar-refractivity contribution in [2.24, 2.45) is 12.0 Å². The third-order valence-corrected chi connectivity index (χ3v) is 3.15. The molecule has 2 rings (SSSR count). The highest BCUT2D eigenvalue weighted by atomic mass is 35.5. The highest BCUT2D eigenvalue weighted by molar-refractivity contribution is 6.30. The summed E-state index contributed by atoms with van der Waals surface area (Å²) in [5, 5.41) is 15.0. The molecule has 1 aromatic carbocycles. The average molecular weight is 307 g/mol. The van der Waals surface area contributed by atoms with E-state index in [2.05, 4.69) is 25.8 Å². The molecule has 0 saturated carbocycles. The third-order valence-electron chi connectivity index (χ3n) is 2.90. The molecule has 0 spiro atoms. The molecule has 0 amide bonds. The summed E-state index contributed by atoms with van der Waals surface area (Å²) in [6.07, 6.45) is 1.68. The molecule has 0 fully saturated rings. The van der Waals surface area contributed by atoms with Crippen molar-refractivity contribution in [1.82, 2.24) is 25.4 Å². The highest BCUT2D eigenvalue weighted by Crippen LogP contribution is 2.10. The van der Waals surface area contributed by atoms with E-state index in [1.165, 1.54) is 0 Å². The van der Waals surface area contributed by atoms with Gasteiger partial charge in [0.05, 0.1) is 13.1 Å². The Bertz CT molecular complexity index is 590. The van der Waals surface area contributed by atoms with Crippen LogP contribution in [-0.4, -0.2) is 27.3 Å². The molecule has 0 aliphatic carbocycles. The quantitative estimate of drug-likeness (QED) is 0.652. The molecule has 7 heteroatoms. The van der Waals surface area contributed by atoms with E-state index in [9.17, 15) is 0 Å². The summed E-state index contributed by atoms with van der Waals surface area (Å²) < 4.78 is 1.87. The minimum Gasteiger partial charge on any atom is -0.357 e. The molecule has 112 valence electrons. The lowest BCUT2D eigenvalue weighted by Crippen LogP contribution is -2.37. The number of aliphatic imine (C=N–C) groups is 1. The van der Waals surface area contributed by atoms with Crippen molar-refractivity contribution in [2.45, 2.75) is 20.0 Å². The molecule has 0 unspecified atom stereocenters. The van der Waals surface area contributed by atoms with Gasteiger partial charge in [0.25, 0.3) is 0 Å². The molecule has 2 N–H and O–H groups in total. The van der Waals surface area contributed by atoms with Crippen LogP contribution in [0.3, 0.4) is 0 Å². The van der Waals surface area contributed by atoms with Gasteiger partial charge in [-0.25, -0.2) is 4.99 Å². The fourth-order valence-electron chi connectivity index (χ4n) is 1.73. The van der Waals surface area contributed by atoms with Gasteiger partial charge in [-0.1, -0.05) is 23.7 Å². The van der Waals surface area contributed by atoms with Crippen LogP contribution in [0.25, 0.3) is 0 Å². The fraction of sp³-hybridized carbons (Fsp3) is 0.357. The SMILES string of the molecule is CCNC(=NCc1ccc(Cl)cc1)NCc1nncn1C.